The number of fused-ring (bicyclic) bond motifs is 1. The standard InChI is InChI=1S/C27H25N3O6/c1-2-19-21(13-17-9-5-3-6-10-17)30-26(25(19)28)27(36-16-23(33)34)24(22(32)14-31)20(29-30)15-35-18-11-7-4-8-12-18/h3-12,14H,2,13,15-16,28H2,1H3,(H,33,34). The number of anilines is 1. The Morgan fingerprint density at radius 3 is 2.33 bits per heavy atom. The van der Waals surface area contributed by atoms with E-state index in [-0.39, 0.29) is 35.4 Å². The molecule has 3 N–H and O–H groups in total. The van der Waals surface area contributed by atoms with Crippen LogP contribution in [0.3, 0.4) is 0 Å². The van der Waals surface area contributed by atoms with Crippen LogP contribution in [0.2, 0.25) is 0 Å². The van der Waals surface area contributed by atoms with E-state index in [0.717, 1.165) is 16.8 Å². The molecule has 0 amide bonds. The van der Waals surface area contributed by atoms with Crippen molar-refractivity contribution in [3.63, 3.8) is 0 Å². The molecule has 0 bridgehead atoms. The molecule has 0 spiro atoms. The van der Waals surface area contributed by atoms with Gasteiger partial charge in [-0.1, -0.05) is 55.5 Å². The van der Waals surface area contributed by atoms with Gasteiger partial charge in [-0.3, -0.25) is 9.59 Å². The van der Waals surface area contributed by atoms with E-state index in [4.69, 9.17) is 15.2 Å². The second kappa shape index (κ2) is 10.7. The van der Waals surface area contributed by atoms with Crippen LogP contribution in [0.25, 0.3) is 5.52 Å². The Kier molecular flexibility index (Phi) is 7.29. The van der Waals surface area contributed by atoms with Gasteiger partial charge in [0.05, 0.1) is 16.9 Å². The number of benzene rings is 2. The van der Waals surface area contributed by atoms with Crippen LogP contribution < -0.4 is 15.2 Å². The molecule has 36 heavy (non-hydrogen) atoms. The Hall–Kier alpha value is -4.66. The molecule has 0 radical (unpaired) electrons. The summed E-state index contributed by atoms with van der Waals surface area (Å²) in [7, 11) is 0. The fraction of sp³-hybridized carbons (Fsp3) is 0.185. The number of aliphatic carboxylic acids is 1. The number of ether oxygens (including phenoxy) is 2. The lowest BCUT2D eigenvalue weighted by Crippen LogP contribution is -2.19. The van der Waals surface area contributed by atoms with Gasteiger partial charge >= 0.3 is 5.97 Å². The first kappa shape index (κ1) is 24.5. The first-order chi connectivity index (χ1) is 17.4. The Bertz CT molecular complexity index is 1410. The first-order valence-electron chi connectivity index (χ1n) is 11.3. The van der Waals surface area contributed by atoms with E-state index in [2.05, 4.69) is 5.10 Å². The molecule has 2 aromatic heterocycles. The topological polar surface area (TPSA) is 133 Å². The molecule has 4 rings (SSSR count). The third kappa shape index (κ3) is 4.90. The van der Waals surface area contributed by atoms with Crippen LogP contribution in [0.15, 0.2) is 60.7 Å². The highest BCUT2D eigenvalue weighted by atomic mass is 16.5. The number of rotatable bonds is 11. The molecule has 4 aromatic rings. The van der Waals surface area contributed by atoms with Gasteiger partial charge in [-0.05, 0) is 29.7 Å². The number of hydrogen-bond donors (Lipinski definition) is 2. The van der Waals surface area contributed by atoms with Crippen molar-refractivity contribution in [3.05, 3.63) is 88.7 Å². The number of aldehydes is 1. The first-order valence-corrected chi connectivity index (χ1v) is 11.3. The van der Waals surface area contributed by atoms with Crippen LogP contribution in [0.1, 0.15) is 39.8 Å². The number of carboxylic acid groups (broad SMARTS) is 1. The fourth-order valence-corrected chi connectivity index (χ4v) is 4.15. The summed E-state index contributed by atoms with van der Waals surface area (Å²) in [5, 5.41) is 13.9. The van der Waals surface area contributed by atoms with E-state index < -0.39 is 18.4 Å². The molecule has 9 nitrogen and oxygen atoms in total. The van der Waals surface area contributed by atoms with Crippen LogP contribution in [0, 0.1) is 0 Å². The summed E-state index contributed by atoms with van der Waals surface area (Å²) in [6, 6.07) is 18.6. The molecular formula is C27H25N3O6. The van der Waals surface area contributed by atoms with Crippen LogP contribution in [0.4, 0.5) is 5.69 Å². The van der Waals surface area contributed by atoms with Gasteiger partial charge in [-0.25, -0.2) is 9.31 Å². The zero-order valence-electron chi connectivity index (χ0n) is 19.6. The molecule has 0 aliphatic carbocycles. The number of para-hydroxylation sites is 1. The van der Waals surface area contributed by atoms with Crippen molar-refractivity contribution in [2.24, 2.45) is 0 Å². The van der Waals surface area contributed by atoms with Crippen LogP contribution >= 0.6 is 0 Å². The number of aromatic nitrogens is 2. The largest absolute Gasteiger partial charge is 0.487 e. The highest BCUT2D eigenvalue weighted by molar-refractivity contribution is 6.35. The van der Waals surface area contributed by atoms with Crippen LogP contribution in [-0.4, -0.2) is 39.4 Å². The number of Topliss-reactive ketones (excluding diaryl/α,β-unsaturated/α-hetero) is 1. The van der Waals surface area contributed by atoms with E-state index in [1.165, 1.54) is 0 Å². The van der Waals surface area contributed by atoms with E-state index in [1.54, 1.807) is 28.8 Å². The van der Waals surface area contributed by atoms with Gasteiger partial charge in [0.2, 0.25) is 5.78 Å². The number of nitrogens with two attached hydrogens (primary N) is 1. The van der Waals surface area contributed by atoms with Crippen molar-refractivity contribution >= 4 is 29.2 Å². The minimum atomic E-state index is -1.25. The van der Waals surface area contributed by atoms with E-state index in [9.17, 15) is 19.5 Å². The van der Waals surface area contributed by atoms with E-state index in [0.29, 0.717) is 24.3 Å². The lowest BCUT2D eigenvalue weighted by molar-refractivity contribution is -0.139. The summed E-state index contributed by atoms with van der Waals surface area (Å²) in [4.78, 5) is 35.7. The molecule has 2 heterocycles. The summed E-state index contributed by atoms with van der Waals surface area (Å²) in [6.45, 7) is 1.04. The molecule has 0 saturated carbocycles. The molecule has 9 heteroatoms. The normalized spacial score (nSPS) is 10.8. The second-order valence-corrected chi connectivity index (χ2v) is 8.03. The van der Waals surface area contributed by atoms with Gasteiger partial charge in [0, 0.05) is 6.42 Å². The average Bonchev–Trinajstić information content (AvgIpc) is 3.16. The minimum absolute atomic E-state index is 0.109. The van der Waals surface area contributed by atoms with E-state index in [1.807, 2.05) is 43.3 Å². The molecule has 0 unspecified atom stereocenters. The third-order valence-electron chi connectivity index (χ3n) is 5.73. The maximum Gasteiger partial charge on any atom is 0.341 e. The highest BCUT2D eigenvalue weighted by Gasteiger charge is 2.29. The van der Waals surface area contributed by atoms with Crippen molar-refractivity contribution in [3.8, 4) is 11.5 Å². The highest BCUT2D eigenvalue weighted by Crippen LogP contribution is 2.38. The molecule has 0 aliphatic rings. The molecule has 184 valence electrons. The summed E-state index contributed by atoms with van der Waals surface area (Å²) in [5.74, 6) is -1.74. The quantitative estimate of drug-likeness (QED) is 0.187. The molecule has 0 aliphatic heterocycles. The third-order valence-corrected chi connectivity index (χ3v) is 5.73. The van der Waals surface area contributed by atoms with Gasteiger partial charge < -0.3 is 20.3 Å². The zero-order chi connectivity index (χ0) is 25.7. The summed E-state index contributed by atoms with van der Waals surface area (Å²) < 4.78 is 13.0. The number of carbonyl (C=O) groups excluding carboxylic acids is 2. The van der Waals surface area contributed by atoms with Crippen LogP contribution in [-0.2, 0) is 29.0 Å². The molecule has 0 fully saturated rings. The van der Waals surface area contributed by atoms with Gasteiger partial charge in [-0.15, -0.1) is 0 Å². The number of ketones is 1. The van der Waals surface area contributed by atoms with Crippen molar-refractivity contribution in [1.82, 2.24) is 9.61 Å². The van der Waals surface area contributed by atoms with Gasteiger partial charge in [0.1, 0.15) is 23.6 Å². The Balaban J connectivity index is 1.97. The number of carboxylic acids is 1. The fourth-order valence-electron chi connectivity index (χ4n) is 4.15. The number of nitrogen functional groups attached to an aromatic ring is 1. The minimum Gasteiger partial charge on any atom is -0.487 e. The molecular weight excluding hydrogens is 462 g/mol. The zero-order valence-corrected chi connectivity index (χ0v) is 19.6. The van der Waals surface area contributed by atoms with Crippen molar-refractivity contribution < 1.29 is 29.0 Å². The van der Waals surface area contributed by atoms with Gasteiger partial charge in [0.25, 0.3) is 0 Å². The van der Waals surface area contributed by atoms with E-state index >= 15 is 0 Å². The predicted octanol–water partition coefficient (Wildman–Crippen LogP) is 3.49. The monoisotopic (exact) mass is 487 g/mol. The summed E-state index contributed by atoms with van der Waals surface area (Å²) >= 11 is 0. The predicted molar refractivity (Wildman–Crippen MR) is 133 cm³/mol. The summed E-state index contributed by atoms with van der Waals surface area (Å²) in [5.41, 5.74) is 9.59. The Morgan fingerprint density at radius 1 is 1.06 bits per heavy atom. The maximum absolute atomic E-state index is 12.8. The number of nitrogens with zero attached hydrogens (tertiary/aromatic N) is 2. The Morgan fingerprint density at radius 2 is 1.72 bits per heavy atom. The number of carbonyl (C=O) groups is 3. The molecule has 2 aromatic carbocycles. The smallest absolute Gasteiger partial charge is 0.341 e. The lowest BCUT2D eigenvalue weighted by atomic mass is 10.0. The van der Waals surface area contributed by atoms with Crippen molar-refractivity contribution in [2.45, 2.75) is 26.4 Å². The SMILES string of the molecule is CCc1c(N)c2c(OCC(=O)O)c(C(=O)C=O)c(COc3ccccc3)nn2c1Cc1ccccc1. The molecule has 0 saturated heterocycles. The lowest BCUT2D eigenvalue weighted by Gasteiger charge is -2.16. The summed E-state index contributed by atoms with van der Waals surface area (Å²) in [6.07, 6.45) is 1.17. The average molecular weight is 488 g/mol. The van der Waals surface area contributed by atoms with Crippen molar-refractivity contribution in [1.29, 1.82) is 0 Å². The molecule has 0 atom stereocenters. The maximum atomic E-state index is 12.8. The van der Waals surface area contributed by atoms with Crippen LogP contribution in [0.5, 0.6) is 11.5 Å². The number of hydrogen-bond acceptors (Lipinski definition) is 7. The van der Waals surface area contributed by atoms with Crippen molar-refractivity contribution in [2.75, 3.05) is 12.3 Å². The second-order valence-electron chi connectivity index (χ2n) is 8.03. The van der Waals surface area contributed by atoms with Gasteiger partial charge in [0.15, 0.2) is 18.6 Å². The Labute approximate surface area is 207 Å². The van der Waals surface area contributed by atoms with Gasteiger partial charge in [-0.2, -0.15) is 5.10 Å².